The summed E-state index contributed by atoms with van der Waals surface area (Å²) in [6.07, 6.45) is 2.75. The molecule has 4 heteroatoms. The lowest BCUT2D eigenvalue weighted by atomic mass is 10.2. The third-order valence-electron chi connectivity index (χ3n) is 2.87. The molecule has 0 atom stereocenters. The van der Waals surface area contributed by atoms with Gasteiger partial charge in [-0.2, -0.15) is 0 Å². The predicted octanol–water partition coefficient (Wildman–Crippen LogP) is 3.09. The molecule has 0 saturated heterocycles. The van der Waals surface area contributed by atoms with Gasteiger partial charge in [0.2, 0.25) is 0 Å². The van der Waals surface area contributed by atoms with Crippen LogP contribution in [-0.2, 0) is 6.54 Å². The monoisotopic (exact) mass is 275 g/mol. The molecule has 2 rings (SSSR count). The van der Waals surface area contributed by atoms with Crippen molar-refractivity contribution < 1.29 is 0 Å². The molecule has 1 heterocycles. The second kappa shape index (κ2) is 7.12. The van der Waals surface area contributed by atoms with Gasteiger partial charge in [0, 0.05) is 24.3 Å². The lowest BCUT2D eigenvalue weighted by molar-refractivity contribution is 0.726. The number of hydrogen-bond donors (Lipinski definition) is 1. The minimum absolute atomic E-state index is 0.679. The van der Waals surface area contributed by atoms with Crippen LogP contribution in [0.15, 0.2) is 48.7 Å². The van der Waals surface area contributed by atoms with Crippen LogP contribution < -0.4 is 10.6 Å². The number of nitrogens with two attached hydrogens (primary N) is 1. The normalized spacial score (nSPS) is 10.4. The molecule has 2 aromatic rings. The van der Waals surface area contributed by atoms with Crippen LogP contribution in [0, 0.1) is 0 Å². The maximum absolute atomic E-state index is 6.02. The van der Waals surface area contributed by atoms with E-state index in [1.165, 1.54) is 5.56 Å². The van der Waals surface area contributed by atoms with E-state index in [1.54, 1.807) is 0 Å². The standard InChI is InChI=1S/C15H18ClN3/c16-14-6-3-5-13(11-14)12-19(10-4-8-17)15-7-1-2-9-18-15/h1-3,5-7,9,11H,4,8,10,12,17H2. The summed E-state index contributed by atoms with van der Waals surface area (Å²) in [5.74, 6) is 0.968. The molecule has 0 bridgehead atoms. The Balaban J connectivity index is 2.14. The molecule has 100 valence electrons. The number of aromatic nitrogens is 1. The maximum atomic E-state index is 6.02. The molecule has 19 heavy (non-hydrogen) atoms. The summed E-state index contributed by atoms with van der Waals surface area (Å²) in [5.41, 5.74) is 6.78. The highest BCUT2D eigenvalue weighted by Gasteiger charge is 2.08. The van der Waals surface area contributed by atoms with Gasteiger partial charge < -0.3 is 10.6 Å². The summed E-state index contributed by atoms with van der Waals surface area (Å²) in [7, 11) is 0. The lowest BCUT2D eigenvalue weighted by Gasteiger charge is -2.23. The zero-order chi connectivity index (χ0) is 13.5. The first-order valence-electron chi connectivity index (χ1n) is 6.40. The van der Waals surface area contributed by atoms with E-state index in [-0.39, 0.29) is 0 Å². The first kappa shape index (κ1) is 13.8. The minimum Gasteiger partial charge on any atom is -0.352 e. The molecule has 0 aliphatic carbocycles. The Kier molecular flexibility index (Phi) is 5.19. The van der Waals surface area contributed by atoms with Gasteiger partial charge in [0.05, 0.1) is 0 Å². The minimum atomic E-state index is 0.679. The van der Waals surface area contributed by atoms with Crippen LogP contribution in [0.25, 0.3) is 0 Å². The molecule has 1 aromatic heterocycles. The Hall–Kier alpha value is -1.58. The smallest absolute Gasteiger partial charge is 0.128 e. The fraction of sp³-hybridized carbons (Fsp3) is 0.267. The zero-order valence-corrected chi connectivity index (χ0v) is 11.6. The Morgan fingerprint density at radius 2 is 2.05 bits per heavy atom. The van der Waals surface area contributed by atoms with Crippen molar-refractivity contribution in [3.63, 3.8) is 0 Å². The summed E-state index contributed by atoms with van der Waals surface area (Å²) < 4.78 is 0. The number of halogens is 1. The van der Waals surface area contributed by atoms with Crippen LogP contribution in [0.2, 0.25) is 5.02 Å². The summed E-state index contributed by atoms with van der Waals surface area (Å²) in [6.45, 7) is 2.36. The second-order valence-corrected chi connectivity index (χ2v) is 4.82. The van der Waals surface area contributed by atoms with Crippen LogP contribution >= 0.6 is 11.6 Å². The molecule has 0 aliphatic heterocycles. The topological polar surface area (TPSA) is 42.1 Å². The number of anilines is 1. The van der Waals surface area contributed by atoms with Crippen molar-refractivity contribution in [1.29, 1.82) is 0 Å². The first-order chi connectivity index (χ1) is 9.29. The van der Waals surface area contributed by atoms with E-state index in [4.69, 9.17) is 17.3 Å². The van der Waals surface area contributed by atoms with E-state index in [0.29, 0.717) is 6.54 Å². The quantitative estimate of drug-likeness (QED) is 0.881. The SMILES string of the molecule is NCCCN(Cc1cccc(Cl)c1)c1ccccn1. The van der Waals surface area contributed by atoms with Crippen molar-refractivity contribution in [2.75, 3.05) is 18.0 Å². The number of hydrogen-bond acceptors (Lipinski definition) is 3. The van der Waals surface area contributed by atoms with Crippen molar-refractivity contribution in [3.05, 3.63) is 59.2 Å². The fourth-order valence-electron chi connectivity index (χ4n) is 1.95. The van der Waals surface area contributed by atoms with Gasteiger partial charge in [-0.3, -0.25) is 0 Å². The number of pyridine rings is 1. The van der Waals surface area contributed by atoms with Crippen LogP contribution in [-0.4, -0.2) is 18.1 Å². The summed E-state index contributed by atoms with van der Waals surface area (Å²) in [4.78, 5) is 6.62. The molecular weight excluding hydrogens is 258 g/mol. The highest BCUT2D eigenvalue weighted by Crippen LogP contribution is 2.17. The highest BCUT2D eigenvalue weighted by atomic mass is 35.5. The van der Waals surface area contributed by atoms with E-state index in [9.17, 15) is 0 Å². The molecule has 3 nitrogen and oxygen atoms in total. The van der Waals surface area contributed by atoms with Crippen LogP contribution in [0.4, 0.5) is 5.82 Å². The van der Waals surface area contributed by atoms with Crippen molar-refractivity contribution >= 4 is 17.4 Å². The Morgan fingerprint density at radius 3 is 2.74 bits per heavy atom. The van der Waals surface area contributed by atoms with E-state index in [2.05, 4.69) is 16.0 Å². The zero-order valence-electron chi connectivity index (χ0n) is 10.8. The summed E-state index contributed by atoms with van der Waals surface area (Å²) >= 11 is 6.02. The van der Waals surface area contributed by atoms with E-state index >= 15 is 0 Å². The molecule has 0 amide bonds. The van der Waals surface area contributed by atoms with Gasteiger partial charge >= 0.3 is 0 Å². The molecule has 0 unspecified atom stereocenters. The van der Waals surface area contributed by atoms with Gasteiger partial charge in [0.25, 0.3) is 0 Å². The number of benzene rings is 1. The second-order valence-electron chi connectivity index (χ2n) is 4.38. The van der Waals surface area contributed by atoms with Crippen molar-refractivity contribution in [2.45, 2.75) is 13.0 Å². The Morgan fingerprint density at radius 1 is 1.16 bits per heavy atom. The predicted molar refractivity (Wildman–Crippen MR) is 80.4 cm³/mol. The molecule has 0 fully saturated rings. The highest BCUT2D eigenvalue weighted by molar-refractivity contribution is 6.30. The molecular formula is C15H18ClN3. The van der Waals surface area contributed by atoms with Gasteiger partial charge in [-0.25, -0.2) is 4.98 Å². The van der Waals surface area contributed by atoms with Gasteiger partial charge in [-0.1, -0.05) is 29.8 Å². The van der Waals surface area contributed by atoms with Crippen LogP contribution in [0.3, 0.4) is 0 Å². The van der Waals surface area contributed by atoms with Crippen molar-refractivity contribution in [1.82, 2.24) is 4.98 Å². The Labute approximate surface area is 119 Å². The third kappa shape index (κ3) is 4.23. The van der Waals surface area contributed by atoms with E-state index < -0.39 is 0 Å². The molecule has 0 saturated carbocycles. The van der Waals surface area contributed by atoms with Crippen molar-refractivity contribution in [2.24, 2.45) is 5.73 Å². The lowest BCUT2D eigenvalue weighted by Crippen LogP contribution is -2.26. The molecule has 0 aliphatic rings. The molecule has 0 spiro atoms. The van der Waals surface area contributed by atoms with Crippen LogP contribution in [0.1, 0.15) is 12.0 Å². The average Bonchev–Trinajstić information content (AvgIpc) is 2.44. The Bertz CT molecular complexity index is 502. The first-order valence-corrected chi connectivity index (χ1v) is 6.78. The summed E-state index contributed by atoms with van der Waals surface area (Å²) in [5, 5.41) is 0.761. The van der Waals surface area contributed by atoms with Gasteiger partial charge in [0.15, 0.2) is 0 Å². The maximum Gasteiger partial charge on any atom is 0.128 e. The number of nitrogens with zero attached hydrogens (tertiary/aromatic N) is 2. The molecule has 1 aromatic carbocycles. The van der Waals surface area contributed by atoms with Gasteiger partial charge in [-0.05, 0) is 42.8 Å². The van der Waals surface area contributed by atoms with Gasteiger partial charge in [0.1, 0.15) is 5.82 Å². The number of rotatable bonds is 6. The van der Waals surface area contributed by atoms with E-state index in [1.807, 2.05) is 42.6 Å². The van der Waals surface area contributed by atoms with Crippen LogP contribution in [0.5, 0.6) is 0 Å². The van der Waals surface area contributed by atoms with E-state index in [0.717, 1.165) is 30.4 Å². The van der Waals surface area contributed by atoms with Gasteiger partial charge in [-0.15, -0.1) is 0 Å². The van der Waals surface area contributed by atoms with Crippen molar-refractivity contribution in [3.8, 4) is 0 Å². The molecule has 0 radical (unpaired) electrons. The fourth-order valence-corrected chi connectivity index (χ4v) is 2.17. The summed E-state index contributed by atoms with van der Waals surface area (Å²) in [6, 6.07) is 13.8. The molecule has 2 N–H and O–H groups in total. The third-order valence-corrected chi connectivity index (χ3v) is 3.10. The largest absolute Gasteiger partial charge is 0.352 e. The average molecular weight is 276 g/mol.